The zero-order valence-corrected chi connectivity index (χ0v) is 10.4. The van der Waals surface area contributed by atoms with Crippen molar-refractivity contribution in [3.8, 4) is 5.75 Å². The summed E-state index contributed by atoms with van der Waals surface area (Å²) in [4.78, 5) is 12.0. The summed E-state index contributed by atoms with van der Waals surface area (Å²) in [7, 11) is 0. The molecular formula is C14H15N3O2. The van der Waals surface area contributed by atoms with Crippen LogP contribution in [0.25, 0.3) is 0 Å². The van der Waals surface area contributed by atoms with Gasteiger partial charge in [0.1, 0.15) is 11.4 Å². The predicted octanol–water partition coefficient (Wildman–Crippen LogP) is 1.92. The molecule has 1 aromatic heterocycles. The van der Waals surface area contributed by atoms with E-state index in [4.69, 9.17) is 0 Å². The molecule has 0 saturated carbocycles. The molecule has 1 aromatic carbocycles. The van der Waals surface area contributed by atoms with Crippen LogP contribution in [0.1, 0.15) is 40.5 Å². The van der Waals surface area contributed by atoms with Crippen molar-refractivity contribution in [1.29, 1.82) is 0 Å². The number of aromatic amines is 1. The van der Waals surface area contributed by atoms with Gasteiger partial charge in [-0.05, 0) is 42.5 Å². The molecule has 1 aliphatic carbocycles. The van der Waals surface area contributed by atoms with Crippen molar-refractivity contribution in [2.24, 2.45) is 0 Å². The third kappa shape index (κ3) is 2.19. The van der Waals surface area contributed by atoms with Crippen LogP contribution >= 0.6 is 0 Å². The van der Waals surface area contributed by atoms with Crippen LogP contribution in [-0.2, 0) is 6.42 Å². The van der Waals surface area contributed by atoms with Gasteiger partial charge in [0.25, 0.3) is 5.91 Å². The molecule has 1 aliphatic rings. The van der Waals surface area contributed by atoms with Crippen molar-refractivity contribution in [3.05, 3.63) is 47.3 Å². The lowest BCUT2D eigenvalue weighted by molar-refractivity contribution is 0.0927. The number of H-pyrrole nitrogens is 1. The van der Waals surface area contributed by atoms with Gasteiger partial charge in [-0.15, -0.1) is 0 Å². The molecule has 5 nitrogen and oxygen atoms in total. The summed E-state index contributed by atoms with van der Waals surface area (Å²) < 4.78 is 0. The van der Waals surface area contributed by atoms with Crippen LogP contribution < -0.4 is 5.32 Å². The Morgan fingerprint density at radius 1 is 1.42 bits per heavy atom. The first-order valence-electron chi connectivity index (χ1n) is 6.36. The van der Waals surface area contributed by atoms with Crippen molar-refractivity contribution in [3.63, 3.8) is 0 Å². The smallest absolute Gasteiger partial charge is 0.269 e. The topological polar surface area (TPSA) is 78.0 Å². The summed E-state index contributed by atoms with van der Waals surface area (Å²) in [6.45, 7) is 0. The number of carbonyl (C=O) groups excluding carboxylic acids is 1. The van der Waals surface area contributed by atoms with Gasteiger partial charge in [0.15, 0.2) is 0 Å². The fourth-order valence-electron chi connectivity index (χ4n) is 2.60. The van der Waals surface area contributed by atoms with Crippen molar-refractivity contribution >= 4 is 5.91 Å². The van der Waals surface area contributed by atoms with Crippen molar-refractivity contribution < 1.29 is 9.90 Å². The first-order valence-corrected chi connectivity index (χ1v) is 6.36. The Labute approximate surface area is 110 Å². The van der Waals surface area contributed by atoms with Crippen LogP contribution in [0.15, 0.2) is 30.5 Å². The number of phenols is 1. The molecule has 2 aromatic rings. The van der Waals surface area contributed by atoms with E-state index in [-0.39, 0.29) is 11.9 Å². The van der Waals surface area contributed by atoms with E-state index in [0.717, 1.165) is 30.4 Å². The molecule has 1 heterocycles. The Hall–Kier alpha value is -2.30. The van der Waals surface area contributed by atoms with Gasteiger partial charge in [-0.25, -0.2) is 0 Å². The highest BCUT2D eigenvalue weighted by atomic mass is 16.3. The lowest BCUT2D eigenvalue weighted by atomic mass is 9.87. The van der Waals surface area contributed by atoms with E-state index in [2.05, 4.69) is 15.5 Å². The van der Waals surface area contributed by atoms with Gasteiger partial charge in [-0.3, -0.25) is 9.89 Å². The van der Waals surface area contributed by atoms with Crippen LogP contribution in [0.4, 0.5) is 0 Å². The quantitative estimate of drug-likeness (QED) is 0.769. The van der Waals surface area contributed by atoms with E-state index in [1.54, 1.807) is 18.3 Å². The van der Waals surface area contributed by atoms with Crippen LogP contribution in [0.3, 0.4) is 0 Å². The van der Waals surface area contributed by atoms with E-state index < -0.39 is 0 Å². The number of phenolic OH excluding ortho intramolecular Hbond substituents is 1. The second kappa shape index (κ2) is 4.76. The minimum absolute atomic E-state index is 0.0494. The summed E-state index contributed by atoms with van der Waals surface area (Å²) >= 11 is 0. The van der Waals surface area contributed by atoms with Gasteiger partial charge in [0.05, 0.1) is 6.04 Å². The Morgan fingerprint density at radius 3 is 3.11 bits per heavy atom. The van der Waals surface area contributed by atoms with Gasteiger partial charge in [-0.2, -0.15) is 5.10 Å². The van der Waals surface area contributed by atoms with Crippen LogP contribution in [0.5, 0.6) is 5.75 Å². The number of rotatable bonds is 2. The number of nitrogens with zero attached hydrogens (tertiary/aromatic N) is 1. The van der Waals surface area contributed by atoms with Crippen molar-refractivity contribution in [1.82, 2.24) is 15.5 Å². The molecule has 0 saturated heterocycles. The zero-order valence-electron chi connectivity index (χ0n) is 10.4. The fourth-order valence-corrected chi connectivity index (χ4v) is 2.60. The number of aromatic hydroxyl groups is 1. The van der Waals surface area contributed by atoms with E-state index in [1.807, 2.05) is 12.1 Å². The summed E-state index contributed by atoms with van der Waals surface area (Å²) in [6.07, 6.45) is 4.25. The number of aromatic nitrogens is 2. The number of hydrogen-bond acceptors (Lipinski definition) is 3. The van der Waals surface area contributed by atoms with E-state index in [9.17, 15) is 9.90 Å². The summed E-state index contributed by atoms with van der Waals surface area (Å²) in [5.74, 6) is 0.150. The molecular weight excluding hydrogens is 242 g/mol. The van der Waals surface area contributed by atoms with E-state index in [1.165, 1.54) is 0 Å². The van der Waals surface area contributed by atoms with Crippen molar-refractivity contribution in [2.45, 2.75) is 25.3 Å². The second-order valence-corrected chi connectivity index (χ2v) is 4.73. The molecule has 0 unspecified atom stereocenters. The molecule has 3 rings (SSSR count). The molecule has 19 heavy (non-hydrogen) atoms. The molecule has 98 valence electrons. The largest absolute Gasteiger partial charge is 0.508 e. The third-order valence-electron chi connectivity index (χ3n) is 3.53. The third-order valence-corrected chi connectivity index (χ3v) is 3.53. The zero-order chi connectivity index (χ0) is 13.2. The number of fused-ring (bicyclic) bond motifs is 1. The monoisotopic (exact) mass is 257 g/mol. The summed E-state index contributed by atoms with van der Waals surface area (Å²) in [5, 5.41) is 19.3. The normalized spacial score (nSPS) is 17.8. The lowest BCUT2D eigenvalue weighted by Crippen LogP contribution is -2.31. The molecule has 0 bridgehead atoms. The van der Waals surface area contributed by atoms with E-state index >= 15 is 0 Å². The standard InChI is InChI=1S/C14H15N3O2/c18-13-6-2-3-9-10(13)4-1-5-11(9)16-14(19)12-7-8-15-17-12/h2-3,6-8,11,18H,1,4-5H2,(H,15,17)(H,16,19)/t11-/m1/s1. The Morgan fingerprint density at radius 2 is 2.32 bits per heavy atom. The maximum atomic E-state index is 12.0. The molecule has 0 spiro atoms. The van der Waals surface area contributed by atoms with Crippen LogP contribution in [0, 0.1) is 0 Å². The molecule has 1 amide bonds. The fraction of sp³-hybridized carbons (Fsp3) is 0.286. The number of nitrogens with one attached hydrogen (secondary N) is 2. The highest BCUT2D eigenvalue weighted by molar-refractivity contribution is 5.92. The Bertz CT molecular complexity index is 593. The highest BCUT2D eigenvalue weighted by Crippen LogP contribution is 2.34. The van der Waals surface area contributed by atoms with Gasteiger partial charge in [-0.1, -0.05) is 12.1 Å². The first kappa shape index (κ1) is 11.8. The Kier molecular flexibility index (Phi) is 2.95. The molecule has 5 heteroatoms. The second-order valence-electron chi connectivity index (χ2n) is 4.73. The van der Waals surface area contributed by atoms with Crippen molar-refractivity contribution in [2.75, 3.05) is 0 Å². The van der Waals surface area contributed by atoms with Gasteiger partial charge < -0.3 is 10.4 Å². The maximum Gasteiger partial charge on any atom is 0.269 e. The SMILES string of the molecule is O=C(N[C@@H]1CCCc2c(O)cccc21)c1ccn[nH]1. The summed E-state index contributed by atoms with van der Waals surface area (Å²) in [6, 6.07) is 7.06. The lowest BCUT2D eigenvalue weighted by Gasteiger charge is -2.26. The average Bonchev–Trinajstić information content (AvgIpc) is 2.94. The first-order chi connectivity index (χ1) is 9.25. The van der Waals surface area contributed by atoms with E-state index in [0.29, 0.717) is 11.4 Å². The van der Waals surface area contributed by atoms with Gasteiger partial charge in [0.2, 0.25) is 0 Å². The molecule has 3 N–H and O–H groups in total. The molecule has 1 atom stereocenters. The average molecular weight is 257 g/mol. The van der Waals surface area contributed by atoms with Gasteiger partial charge in [0, 0.05) is 6.20 Å². The predicted molar refractivity (Wildman–Crippen MR) is 69.8 cm³/mol. The number of carbonyl (C=O) groups is 1. The maximum absolute atomic E-state index is 12.0. The molecule has 0 fully saturated rings. The van der Waals surface area contributed by atoms with Crippen LogP contribution in [-0.4, -0.2) is 21.2 Å². The molecule has 0 aliphatic heterocycles. The summed E-state index contributed by atoms with van der Waals surface area (Å²) in [5.41, 5.74) is 2.41. The Balaban J connectivity index is 1.84. The number of amides is 1. The molecule has 0 radical (unpaired) electrons. The van der Waals surface area contributed by atoms with Crippen LogP contribution in [0.2, 0.25) is 0 Å². The van der Waals surface area contributed by atoms with Gasteiger partial charge >= 0.3 is 0 Å². The minimum Gasteiger partial charge on any atom is -0.508 e. The highest BCUT2D eigenvalue weighted by Gasteiger charge is 2.24. The number of benzene rings is 1. The minimum atomic E-state index is -0.168. The number of hydrogen-bond donors (Lipinski definition) is 3.